The van der Waals surface area contributed by atoms with Crippen LogP contribution in [-0.2, 0) is 11.4 Å². The van der Waals surface area contributed by atoms with Crippen molar-refractivity contribution in [2.24, 2.45) is 0 Å². The molecule has 0 bridgehead atoms. The third kappa shape index (κ3) is 4.45. The van der Waals surface area contributed by atoms with Crippen LogP contribution in [0.3, 0.4) is 0 Å². The molecule has 3 aromatic rings. The number of benzene rings is 2. The predicted octanol–water partition coefficient (Wildman–Crippen LogP) is 4.34. The van der Waals surface area contributed by atoms with Gasteiger partial charge in [0, 0.05) is 18.7 Å². The summed E-state index contributed by atoms with van der Waals surface area (Å²) in [5, 5.41) is 0. The van der Waals surface area contributed by atoms with Crippen LogP contribution in [0.25, 0.3) is 0 Å². The summed E-state index contributed by atoms with van der Waals surface area (Å²) >= 11 is 0. The summed E-state index contributed by atoms with van der Waals surface area (Å²) in [6, 6.07) is 15.5. The fourth-order valence-electron chi connectivity index (χ4n) is 3.02. The molecule has 1 saturated heterocycles. The van der Waals surface area contributed by atoms with Crippen LogP contribution in [-0.4, -0.2) is 18.4 Å². The van der Waals surface area contributed by atoms with Crippen molar-refractivity contribution in [1.82, 2.24) is 0 Å². The highest BCUT2D eigenvalue weighted by atomic mass is 19.1. The smallest absolute Gasteiger partial charge is 0.379 e. The molecule has 2 heterocycles. The van der Waals surface area contributed by atoms with Crippen molar-refractivity contribution in [3.05, 3.63) is 78.0 Å². The molecule has 0 radical (unpaired) electrons. The van der Waals surface area contributed by atoms with Crippen molar-refractivity contribution in [3.8, 4) is 11.5 Å². The molecule has 0 aliphatic carbocycles. The van der Waals surface area contributed by atoms with Crippen LogP contribution in [0.1, 0.15) is 29.2 Å². The van der Waals surface area contributed by atoms with E-state index in [0.29, 0.717) is 30.2 Å². The Labute approximate surface area is 166 Å². The number of hydrogen-bond donors (Lipinski definition) is 0. The summed E-state index contributed by atoms with van der Waals surface area (Å²) in [6.07, 6.45) is 1.41. The maximum Gasteiger partial charge on any atom is 0.379 e. The molecule has 29 heavy (non-hydrogen) atoms. The van der Waals surface area contributed by atoms with Crippen LogP contribution in [0.4, 0.5) is 10.1 Å². The van der Waals surface area contributed by atoms with Crippen molar-refractivity contribution in [3.63, 3.8) is 0 Å². The molecule has 1 aliphatic rings. The molecular weight excluding hydrogens is 377 g/mol. The second-order valence-electron chi connectivity index (χ2n) is 6.54. The highest BCUT2D eigenvalue weighted by Gasteiger charge is 2.21. The van der Waals surface area contributed by atoms with Crippen LogP contribution in [0.15, 0.2) is 65.1 Å². The van der Waals surface area contributed by atoms with Gasteiger partial charge < -0.3 is 18.8 Å². The Morgan fingerprint density at radius 3 is 2.41 bits per heavy atom. The number of rotatable bonds is 6. The molecule has 1 aliphatic heterocycles. The van der Waals surface area contributed by atoms with Crippen molar-refractivity contribution in [2.45, 2.75) is 19.4 Å². The highest BCUT2D eigenvalue weighted by molar-refractivity contribution is 5.95. The van der Waals surface area contributed by atoms with Gasteiger partial charge in [-0.2, -0.15) is 0 Å². The summed E-state index contributed by atoms with van der Waals surface area (Å²) < 4.78 is 29.2. The minimum atomic E-state index is -0.636. The Balaban J connectivity index is 1.34. The van der Waals surface area contributed by atoms with Crippen LogP contribution in [0.2, 0.25) is 0 Å². The van der Waals surface area contributed by atoms with Gasteiger partial charge in [0.05, 0.1) is 0 Å². The molecule has 6 nitrogen and oxygen atoms in total. The lowest BCUT2D eigenvalue weighted by Gasteiger charge is -2.15. The van der Waals surface area contributed by atoms with Crippen LogP contribution < -0.4 is 14.4 Å². The van der Waals surface area contributed by atoms with Crippen molar-refractivity contribution >= 4 is 17.6 Å². The maximum absolute atomic E-state index is 12.9. The zero-order valence-electron chi connectivity index (χ0n) is 15.5. The van der Waals surface area contributed by atoms with Gasteiger partial charge >= 0.3 is 5.97 Å². The number of ether oxygens (including phenoxy) is 2. The largest absolute Gasteiger partial charge is 0.486 e. The van der Waals surface area contributed by atoms with Crippen LogP contribution in [0, 0.1) is 5.82 Å². The standard InChI is InChI=1S/C22H18FNO5/c23-15-3-7-17(8-4-15)27-14-19-11-12-20(28-19)22(26)29-18-9-5-16(6-10-18)24-13-1-2-21(24)25/h3-12H,1-2,13-14H2. The van der Waals surface area contributed by atoms with E-state index in [9.17, 15) is 14.0 Å². The topological polar surface area (TPSA) is 69.0 Å². The highest BCUT2D eigenvalue weighted by Crippen LogP contribution is 2.24. The molecule has 1 amide bonds. The van der Waals surface area contributed by atoms with Crippen molar-refractivity contribution in [1.29, 1.82) is 0 Å². The number of amides is 1. The van der Waals surface area contributed by atoms with E-state index >= 15 is 0 Å². The molecule has 7 heteroatoms. The van der Waals surface area contributed by atoms with Crippen molar-refractivity contribution in [2.75, 3.05) is 11.4 Å². The van der Waals surface area contributed by atoms with Gasteiger partial charge in [-0.1, -0.05) is 0 Å². The average molecular weight is 395 g/mol. The average Bonchev–Trinajstić information content (AvgIpc) is 3.37. The summed E-state index contributed by atoms with van der Waals surface area (Å²) in [4.78, 5) is 25.8. The number of nitrogens with zero attached hydrogens (tertiary/aromatic N) is 1. The lowest BCUT2D eigenvalue weighted by molar-refractivity contribution is -0.117. The third-order valence-electron chi connectivity index (χ3n) is 4.49. The normalized spacial score (nSPS) is 13.6. The fraction of sp³-hybridized carbons (Fsp3) is 0.182. The lowest BCUT2D eigenvalue weighted by Crippen LogP contribution is -2.23. The Hall–Kier alpha value is -3.61. The number of furan rings is 1. The zero-order chi connectivity index (χ0) is 20.2. The molecule has 1 aromatic heterocycles. The second kappa shape index (κ2) is 8.18. The first-order valence-electron chi connectivity index (χ1n) is 9.18. The van der Waals surface area contributed by atoms with Gasteiger partial charge in [0.15, 0.2) is 0 Å². The van der Waals surface area contributed by atoms with Gasteiger partial charge in [0.1, 0.15) is 29.7 Å². The number of carbonyl (C=O) groups is 2. The number of esters is 1. The van der Waals surface area contributed by atoms with E-state index < -0.39 is 5.97 Å². The van der Waals surface area contributed by atoms with Gasteiger partial charge in [-0.25, -0.2) is 9.18 Å². The first-order valence-corrected chi connectivity index (χ1v) is 9.18. The lowest BCUT2D eigenvalue weighted by atomic mass is 10.3. The number of halogens is 1. The van der Waals surface area contributed by atoms with E-state index in [2.05, 4.69) is 0 Å². The summed E-state index contributed by atoms with van der Waals surface area (Å²) in [7, 11) is 0. The molecule has 0 saturated carbocycles. The van der Waals surface area contributed by atoms with Gasteiger partial charge in [-0.3, -0.25) is 4.79 Å². The minimum absolute atomic E-state index is 0.0431. The number of hydrogen-bond acceptors (Lipinski definition) is 5. The quantitative estimate of drug-likeness (QED) is 0.459. The van der Waals surface area contributed by atoms with E-state index in [4.69, 9.17) is 13.9 Å². The zero-order valence-corrected chi connectivity index (χ0v) is 15.5. The van der Waals surface area contributed by atoms with E-state index in [0.717, 1.165) is 12.1 Å². The van der Waals surface area contributed by atoms with Crippen LogP contribution in [0.5, 0.6) is 11.5 Å². The molecule has 2 aromatic carbocycles. The third-order valence-corrected chi connectivity index (χ3v) is 4.49. The summed E-state index contributed by atoms with van der Waals surface area (Å²) in [6.45, 7) is 0.796. The molecule has 0 atom stereocenters. The SMILES string of the molecule is O=C(Oc1ccc(N2CCCC2=O)cc1)c1ccc(COc2ccc(F)cc2)o1. The van der Waals surface area contributed by atoms with Gasteiger partial charge in [0.25, 0.3) is 0 Å². The number of anilines is 1. The molecule has 0 spiro atoms. The summed E-state index contributed by atoms with van der Waals surface area (Å²) in [5.41, 5.74) is 0.783. The van der Waals surface area contributed by atoms with E-state index in [1.165, 1.54) is 30.3 Å². The molecule has 4 rings (SSSR count). The molecular formula is C22H18FNO5. The van der Waals surface area contributed by atoms with Crippen molar-refractivity contribution < 1.29 is 27.9 Å². The first-order chi connectivity index (χ1) is 14.1. The van der Waals surface area contributed by atoms with E-state index in [-0.39, 0.29) is 24.1 Å². The molecule has 0 N–H and O–H groups in total. The van der Waals surface area contributed by atoms with Crippen LogP contribution >= 0.6 is 0 Å². The summed E-state index contributed by atoms with van der Waals surface area (Å²) in [5.74, 6) is 0.435. The van der Waals surface area contributed by atoms with Gasteiger partial charge in [-0.05, 0) is 67.1 Å². The Morgan fingerprint density at radius 1 is 1.00 bits per heavy atom. The predicted molar refractivity (Wildman–Crippen MR) is 102 cm³/mol. The maximum atomic E-state index is 12.9. The van der Waals surface area contributed by atoms with E-state index in [1.807, 2.05) is 0 Å². The molecule has 1 fully saturated rings. The Morgan fingerprint density at radius 2 is 1.72 bits per heavy atom. The fourth-order valence-corrected chi connectivity index (χ4v) is 3.02. The molecule has 148 valence electrons. The van der Waals surface area contributed by atoms with Gasteiger partial charge in [0.2, 0.25) is 11.7 Å². The Bertz CT molecular complexity index is 1010. The van der Waals surface area contributed by atoms with E-state index in [1.54, 1.807) is 35.2 Å². The molecule has 0 unspecified atom stereocenters. The second-order valence-corrected chi connectivity index (χ2v) is 6.54. The minimum Gasteiger partial charge on any atom is -0.486 e. The number of carbonyl (C=O) groups excluding carboxylic acids is 2. The van der Waals surface area contributed by atoms with Gasteiger partial charge in [-0.15, -0.1) is 0 Å². The Kier molecular flexibility index (Phi) is 5.29. The first kappa shape index (κ1) is 18.7. The monoisotopic (exact) mass is 395 g/mol.